The van der Waals surface area contributed by atoms with Crippen molar-refractivity contribution in [3.63, 3.8) is 0 Å². The van der Waals surface area contributed by atoms with Crippen LogP contribution >= 0.6 is 11.6 Å². The first-order chi connectivity index (χ1) is 9.27. The van der Waals surface area contributed by atoms with Gasteiger partial charge in [-0.3, -0.25) is 0 Å². The van der Waals surface area contributed by atoms with Gasteiger partial charge in [-0.2, -0.15) is 0 Å². The lowest BCUT2D eigenvalue weighted by atomic mass is 10.0. The van der Waals surface area contributed by atoms with Crippen LogP contribution in [0.25, 0.3) is 0 Å². The molecule has 4 nitrogen and oxygen atoms in total. The molecule has 0 spiro atoms. The summed E-state index contributed by atoms with van der Waals surface area (Å²) in [6.07, 6.45) is 0.426. The minimum atomic E-state index is -1.17. The molecule has 5 heteroatoms. The van der Waals surface area contributed by atoms with Crippen LogP contribution in [0.5, 0.6) is 0 Å². The Balaban J connectivity index is 3.15. The second kappa shape index (κ2) is 6.75. The molecule has 1 aromatic carbocycles. The number of carboxylic acids is 1. The average molecular weight is 299 g/mol. The van der Waals surface area contributed by atoms with Gasteiger partial charge < -0.3 is 9.84 Å². The highest BCUT2D eigenvalue weighted by Gasteiger charge is 2.23. The molecule has 0 aliphatic rings. The molecular formula is C15H19ClO4. The second-order valence-corrected chi connectivity index (χ2v) is 5.46. The van der Waals surface area contributed by atoms with Crippen LogP contribution in [-0.2, 0) is 4.74 Å². The van der Waals surface area contributed by atoms with Gasteiger partial charge in [0.2, 0.25) is 0 Å². The van der Waals surface area contributed by atoms with Gasteiger partial charge in [0.1, 0.15) is 6.10 Å². The highest BCUT2D eigenvalue weighted by molar-refractivity contribution is 6.32. The van der Waals surface area contributed by atoms with Gasteiger partial charge in [0.25, 0.3) is 0 Å². The Hall–Kier alpha value is -1.55. The molecule has 0 amide bonds. The number of halogens is 1. The molecule has 0 heterocycles. The third kappa shape index (κ3) is 3.73. The highest BCUT2D eigenvalue weighted by atomic mass is 35.5. The first-order valence-corrected chi connectivity index (χ1v) is 6.90. The number of aromatic carboxylic acids is 1. The van der Waals surface area contributed by atoms with Crippen molar-refractivity contribution in [3.05, 3.63) is 33.8 Å². The Morgan fingerprint density at radius 1 is 1.30 bits per heavy atom. The summed E-state index contributed by atoms with van der Waals surface area (Å²) < 4.78 is 5.37. The maximum atomic E-state index is 12.2. The topological polar surface area (TPSA) is 63.6 Å². The fourth-order valence-corrected chi connectivity index (χ4v) is 2.08. The Labute approximate surface area is 123 Å². The second-order valence-electron chi connectivity index (χ2n) is 5.05. The lowest BCUT2D eigenvalue weighted by molar-refractivity contribution is 0.0169. The van der Waals surface area contributed by atoms with E-state index in [9.17, 15) is 14.7 Å². The molecule has 20 heavy (non-hydrogen) atoms. The Morgan fingerprint density at radius 3 is 2.35 bits per heavy atom. The third-order valence-corrected chi connectivity index (χ3v) is 3.56. The van der Waals surface area contributed by atoms with E-state index in [2.05, 4.69) is 0 Å². The summed E-state index contributed by atoms with van der Waals surface area (Å²) in [5.74, 6) is -1.66. The first-order valence-electron chi connectivity index (χ1n) is 6.52. The number of carbonyl (C=O) groups excluding carboxylic acids is 1. The monoisotopic (exact) mass is 298 g/mol. The summed E-state index contributed by atoms with van der Waals surface area (Å²) in [7, 11) is 0. The zero-order valence-corrected chi connectivity index (χ0v) is 12.8. The summed E-state index contributed by atoms with van der Waals surface area (Å²) in [4.78, 5) is 23.4. The number of hydrogen-bond donors (Lipinski definition) is 1. The summed E-state index contributed by atoms with van der Waals surface area (Å²) in [6.45, 7) is 7.49. The maximum Gasteiger partial charge on any atom is 0.339 e. The van der Waals surface area contributed by atoms with Crippen LogP contribution in [0.1, 0.15) is 53.5 Å². The smallest absolute Gasteiger partial charge is 0.339 e. The van der Waals surface area contributed by atoms with E-state index in [4.69, 9.17) is 16.3 Å². The number of rotatable bonds is 5. The van der Waals surface area contributed by atoms with Gasteiger partial charge >= 0.3 is 11.9 Å². The van der Waals surface area contributed by atoms with Crippen molar-refractivity contribution in [1.29, 1.82) is 0 Å². The molecule has 1 atom stereocenters. The molecule has 0 radical (unpaired) electrons. The van der Waals surface area contributed by atoms with Crippen LogP contribution in [-0.4, -0.2) is 23.1 Å². The van der Waals surface area contributed by atoms with Crippen molar-refractivity contribution in [1.82, 2.24) is 0 Å². The molecule has 1 N–H and O–H groups in total. The van der Waals surface area contributed by atoms with Crippen molar-refractivity contribution < 1.29 is 19.4 Å². The van der Waals surface area contributed by atoms with Gasteiger partial charge in [0.05, 0.1) is 11.1 Å². The molecule has 0 aromatic heterocycles. The summed E-state index contributed by atoms with van der Waals surface area (Å²) >= 11 is 5.97. The van der Waals surface area contributed by atoms with Gasteiger partial charge in [0.15, 0.2) is 0 Å². The Bertz CT molecular complexity index is 523. The van der Waals surface area contributed by atoms with Crippen molar-refractivity contribution in [2.24, 2.45) is 5.92 Å². The number of hydrogen-bond acceptors (Lipinski definition) is 3. The maximum absolute atomic E-state index is 12.2. The normalized spacial score (nSPS) is 12.3. The van der Waals surface area contributed by atoms with Crippen molar-refractivity contribution in [2.45, 2.75) is 40.2 Å². The van der Waals surface area contributed by atoms with Crippen LogP contribution < -0.4 is 0 Å². The number of aryl methyl sites for hydroxylation is 1. The minimum Gasteiger partial charge on any atom is -0.478 e. The molecule has 1 rings (SSSR count). The Morgan fingerprint density at radius 2 is 1.90 bits per heavy atom. The molecule has 1 unspecified atom stereocenters. The van der Waals surface area contributed by atoms with Crippen molar-refractivity contribution >= 4 is 23.5 Å². The first kappa shape index (κ1) is 16.5. The largest absolute Gasteiger partial charge is 0.478 e. The molecule has 110 valence electrons. The summed E-state index contributed by atoms with van der Waals surface area (Å²) in [6, 6.07) is 2.74. The fraction of sp³-hybridized carbons (Fsp3) is 0.467. The van der Waals surface area contributed by atoms with E-state index in [0.717, 1.165) is 0 Å². The average Bonchev–Trinajstić information content (AvgIpc) is 2.37. The minimum absolute atomic E-state index is 0.00722. The molecule has 0 bridgehead atoms. The number of benzene rings is 1. The molecule has 1 aromatic rings. The molecule has 0 fully saturated rings. The van der Waals surface area contributed by atoms with Crippen molar-refractivity contribution in [3.8, 4) is 0 Å². The van der Waals surface area contributed by atoms with E-state index in [1.54, 1.807) is 6.92 Å². The van der Waals surface area contributed by atoms with Gasteiger partial charge in [-0.05, 0) is 37.0 Å². The zero-order valence-electron chi connectivity index (χ0n) is 12.1. The van der Waals surface area contributed by atoms with E-state index in [1.807, 2.05) is 20.8 Å². The van der Waals surface area contributed by atoms with Crippen LogP contribution in [0.4, 0.5) is 0 Å². The van der Waals surface area contributed by atoms with Gasteiger partial charge in [-0.25, -0.2) is 9.59 Å². The van der Waals surface area contributed by atoms with Crippen LogP contribution in [0.3, 0.4) is 0 Å². The molecule has 0 saturated carbocycles. The van der Waals surface area contributed by atoms with Gasteiger partial charge in [-0.15, -0.1) is 0 Å². The quantitative estimate of drug-likeness (QED) is 0.836. The van der Waals surface area contributed by atoms with E-state index < -0.39 is 11.9 Å². The highest BCUT2D eigenvalue weighted by Crippen LogP contribution is 2.23. The van der Waals surface area contributed by atoms with Crippen LogP contribution in [0, 0.1) is 12.8 Å². The fourth-order valence-electron chi connectivity index (χ4n) is 1.92. The number of carbonyl (C=O) groups is 2. The van der Waals surface area contributed by atoms with Gasteiger partial charge in [-0.1, -0.05) is 32.4 Å². The zero-order chi connectivity index (χ0) is 15.4. The summed E-state index contributed by atoms with van der Waals surface area (Å²) in [5, 5.41) is 9.53. The van der Waals surface area contributed by atoms with E-state index in [0.29, 0.717) is 17.0 Å². The molecule has 0 aliphatic heterocycles. The van der Waals surface area contributed by atoms with E-state index in [-0.39, 0.29) is 23.1 Å². The SMILES string of the molecule is CCC(OC(=O)c1cc(Cl)c(C)cc1C(=O)O)C(C)C. The molecule has 0 saturated heterocycles. The lowest BCUT2D eigenvalue weighted by Crippen LogP contribution is -2.24. The van der Waals surface area contributed by atoms with Gasteiger partial charge in [0, 0.05) is 5.02 Å². The number of carboxylic acid groups (broad SMARTS) is 1. The van der Waals surface area contributed by atoms with Crippen molar-refractivity contribution in [2.75, 3.05) is 0 Å². The Kier molecular flexibility index (Phi) is 5.57. The summed E-state index contributed by atoms with van der Waals surface area (Å²) in [5.41, 5.74) is 0.513. The number of esters is 1. The molecular weight excluding hydrogens is 280 g/mol. The number of ether oxygens (including phenoxy) is 1. The third-order valence-electron chi connectivity index (χ3n) is 3.15. The van der Waals surface area contributed by atoms with E-state index >= 15 is 0 Å². The standard InChI is InChI=1S/C15H19ClO4/c1-5-13(8(2)3)20-15(19)11-7-12(16)9(4)6-10(11)14(17)18/h6-8,13H,5H2,1-4H3,(H,17,18). The van der Waals surface area contributed by atoms with Crippen LogP contribution in [0.15, 0.2) is 12.1 Å². The van der Waals surface area contributed by atoms with Crippen LogP contribution in [0.2, 0.25) is 5.02 Å². The predicted octanol–water partition coefficient (Wildman–Crippen LogP) is 3.94. The lowest BCUT2D eigenvalue weighted by Gasteiger charge is -2.20. The predicted molar refractivity (Wildman–Crippen MR) is 77.5 cm³/mol. The molecule has 0 aliphatic carbocycles. The van der Waals surface area contributed by atoms with E-state index in [1.165, 1.54) is 12.1 Å².